The van der Waals surface area contributed by atoms with Crippen molar-refractivity contribution in [2.45, 2.75) is 27.4 Å². The predicted octanol–water partition coefficient (Wildman–Crippen LogP) is 2.10. The van der Waals surface area contributed by atoms with Gasteiger partial charge in [-0.3, -0.25) is 0 Å². The van der Waals surface area contributed by atoms with Crippen molar-refractivity contribution in [3.05, 3.63) is 34.4 Å². The zero-order valence-electron chi connectivity index (χ0n) is 8.23. The Hall–Kier alpha value is -0.820. The second-order valence-corrected chi connectivity index (χ2v) is 2.90. The van der Waals surface area contributed by atoms with E-state index in [0.29, 0.717) is 6.04 Å². The molecule has 0 spiro atoms. The smallest absolute Gasteiger partial charge is 0.0686 e. The molecule has 0 aromatic heterocycles. The van der Waals surface area contributed by atoms with E-state index in [2.05, 4.69) is 0 Å². The monoisotopic (exact) mass is 151 g/mol. The van der Waals surface area contributed by atoms with Gasteiger partial charge in [0.05, 0.1) is 7.98 Å². The highest BCUT2D eigenvalue weighted by Gasteiger charge is 2.00. The van der Waals surface area contributed by atoms with Crippen molar-refractivity contribution in [1.82, 2.24) is 0 Å². The van der Waals surface area contributed by atoms with E-state index >= 15 is 0 Å². The molecule has 1 N–H and O–H groups in total. The Bertz CT molecular complexity index is 305. The molecule has 0 aliphatic rings. The van der Waals surface area contributed by atoms with Gasteiger partial charge in [-0.25, -0.2) is 0 Å². The minimum Gasteiger partial charge on any atom is -0.392 e. The summed E-state index contributed by atoms with van der Waals surface area (Å²) in [5.41, 5.74) is 3.84. The Morgan fingerprint density at radius 2 is 2.00 bits per heavy atom. The van der Waals surface area contributed by atoms with Crippen LogP contribution < -0.4 is 0 Å². The molecular weight excluding hydrogens is 136 g/mol. The van der Waals surface area contributed by atoms with E-state index in [4.69, 9.17) is 6.48 Å². The highest BCUT2D eigenvalue weighted by atomic mass is 16.3. The second kappa shape index (κ2) is 3.05. The highest BCUT2D eigenvalue weighted by molar-refractivity contribution is 5.36. The fourth-order valence-electron chi connectivity index (χ4n) is 1.36. The summed E-state index contributed by atoms with van der Waals surface area (Å²) >= 11 is 0. The minimum absolute atomic E-state index is 0.0316. The Morgan fingerprint density at radius 3 is 2.55 bits per heavy atom. The van der Waals surface area contributed by atoms with E-state index in [1.807, 2.05) is 26.8 Å². The van der Waals surface area contributed by atoms with Crippen LogP contribution in [0.15, 0.2) is 12.1 Å². The Kier molecular flexibility index (Phi) is 1.91. The van der Waals surface area contributed by atoms with E-state index in [-0.39, 0.29) is 6.61 Å². The van der Waals surface area contributed by atoms with Gasteiger partial charge in [0, 0.05) is 0 Å². The summed E-state index contributed by atoms with van der Waals surface area (Å²) in [4.78, 5) is 0. The number of hydrogen-bond acceptors (Lipinski definition) is 1. The summed E-state index contributed by atoms with van der Waals surface area (Å²) in [6, 6.07) is 2.49. The number of rotatable bonds is 1. The molecule has 0 saturated heterocycles. The van der Waals surface area contributed by atoms with E-state index in [1.165, 1.54) is 0 Å². The number of benzene rings is 1. The maximum Gasteiger partial charge on any atom is 0.0686 e. The molecule has 1 aromatic carbocycles. The number of hydrogen-bond donors (Lipinski definition) is 1. The first-order valence-corrected chi connectivity index (χ1v) is 3.75. The van der Waals surface area contributed by atoms with Crippen LogP contribution >= 0.6 is 0 Å². The predicted molar refractivity (Wildman–Crippen MR) is 46.6 cm³/mol. The highest BCUT2D eigenvalue weighted by Crippen LogP contribution is 2.15. The first-order valence-electron chi connectivity index (χ1n) is 4.25. The molecule has 0 atom stereocenters. The summed E-state index contributed by atoms with van der Waals surface area (Å²) in [5.74, 6) is 0. The molecule has 60 valence electrons. The van der Waals surface area contributed by atoms with Gasteiger partial charge in [0.1, 0.15) is 0 Å². The lowest BCUT2D eigenvalue weighted by atomic mass is 10.0. The molecule has 1 rings (SSSR count). The quantitative estimate of drug-likeness (QED) is 0.651. The first kappa shape index (κ1) is 6.86. The lowest BCUT2D eigenvalue weighted by Crippen LogP contribution is -1.93. The molecule has 0 unspecified atom stereocenters. The van der Waals surface area contributed by atoms with Crippen molar-refractivity contribution in [3.63, 3.8) is 0 Å². The SMILES string of the molecule is [2H]c1c(C)cc(C)c(CO)c1C. The van der Waals surface area contributed by atoms with Crippen LogP contribution in [0.3, 0.4) is 0 Å². The molecule has 0 amide bonds. The zero-order chi connectivity index (χ0) is 9.30. The molecule has 0 bridgehead atoms. The molecule has 0 heterocycles. The summed E-state index contributed by atoms with van der Waals surface area (Å²) in [6.07, 6.45) is 0. The van der Waals surface area contributed by atoms with E-state index in [1.54, 1.807) is 0 Å². The largest absolute Gasteiger partial charge is 0.392 e. The standard InChI is InChI=1S/C10H14O/c1-7-4-8(2)10(6-11)9(3)5-7/h4-5,11H,6H2,1-3H3/i4D. The lowest BCUT2D eigenvalue weighted by molar-refractivity contribution is 0.280. The van der Waals surface area contributed by atoms with Crippen LogP contribution in [0, 0.1) is 20.8 Å². The number of aliphatic hydroxyl groups is 1. The molecule has 0 aliphatic heterocycles. The normalized spacial score (nSPS) is 11.5. The Labute approximate surface area is 69.1 Å². The fourth-order valence-corrected chi connectivity index (χ4v) is 1.36. The van der Waals surface area contributed by atoms with Gasteiger partial charge >= 0.3 is 0 Å². The zero-order valence-corrected chi connectivity index (χ0v) is 7.23. The van der Waals surface area contributed by atoms with Gasteiger partial charge in [-0.05, 0) is 37.5 Å². The van der Waals surface area contributed by atoms with Gasteiger partial charge in [0.25, 0.3) is 0 Å². The van der Waals surface area contributed by atoms with Gasteiger partial charge < -0.3 is 5.11 Å². The van der Waals surface area contributed by atoms with E-state index in [9.17, 15) is 0 Å². The van der Waals surface area contributed by atoms with Crippen molar-refractivity contribution in [3.8, 4) is 0 Å². The molecule has 1 heteroatoms. The topological polar surface area (TPSA) is 20.2 Å². The van der Waals surface area contributed by atoms with Crippen LogP contribution in [-0.4, -0.2) is 5.11 Å². The molecule has 0 radical (unpaired) electrons. The number of aliphatic hydroxyl groups excluding tert-OH is 1. The minimum atomic E-state index is 0.0316. The molecule has 1 aromatic rings. The summed E-state index contributed by atoms with van der Waals surface area (Å²) in [6.45, 7) is 5.80. The van der Waals surface area contributed by atoms with Crippen molar-refractivity contribution in [2.24, 2.45) is 0 Å². The van der Waals surface area contributed by atoms with Gasteiger partial charge in [-0.15, -0.1) is 0 Å². The first-order chi connectivity index (χ1) is 5.57. The third-order valence-corrected chi connectivity index (χ3v) is 1.90. The summed E-state index contributed by atoms with van der Waals surface area (Å²) < 4.78 is 7.67. The molecule has 11 heavy (non-hydrogen) atoms. The molecule has 0 fully saturated rings. The van der Waals surface area contributed by atoms with Gasteiger partial charge in [0.2, 0.25) is 0 Å². The third kappa shape index (κ3) is 1.60. The average Bonchev–Trinajstić information content (AvgIpc) is 2.01. The van der Waals surface area contributed by atoms with Crippen molar-refractivity contribution >= 4 is 0 Å². The Balaban J connectivity index is 3.40. The second-order valence-electron chi connectivity index (χ2n) is 2.90. The van der Waals surface area contributed by atoms with Crippen molar-refractivity contribution < 1.29 is 6.48 Å². The van der Waals surface area contributed by atoms with Crippen LogP contribution in [0.1, 0.15) is 23.6 Å². The molecule has 1 nitrogen and oxygen atoms in total. The lowest BCUT2D eigenvalue weighted by Gasteiger charge is -2.07. The fraction of sp³-hybridized carbons (Fsp3) is 0.400. The van der Waals surface area contributed by atoms with Crippen LogP contribution in [0.2, 0.25) is 0 Å². The Morgan fingerprint density at radius 1 is 1.36 bits per heavy atom. The maximum absolute atomic E-state index is 9.03. The molecule has 0 saturated carbocycles. The van der Waals surface area contributed by atoms with Crippen molar-refractivity contribution in [2.75, 3.05) is 0 Å². The maximum atomic E-state index is 9.03. The van der Waals surface area contributed by atoms with Crippen LogP contribution in [-0.2, 0) is 6.61 Å². The van der Waals surface area contributed by atoms with Crippen molar-refractivity contribution in [1.29, 1.82) is 0 Å². The molecular formula is C10H14O. The average molecular weight is 151 g/mol. The van der Waals surface area contributed by atoms with E-state index < -0.39 is 0 Å². The summed E-state index contributed by atoms with van der Waals surface area (Å²) in [5, 5.41) is 9.03. The van der Waals surface area contributed by atoms with Crippen LogP contribution in [0.25, 0.3) is 0 Å². The summed E-state index contributed by atoms with van der Waals surface area (Å²) in [7, 11) is 0. The van der Waals surface area contributed by atoms with Crippen LogP contribution in [0.4, 0.5) is 0 Å². The van der Waals surface area contributed by atoms with Crippen LogP contribution in [0.5, 0.6) is 0 Å². The van der Waals surface area contributed by atoms with Gasteiger partial charge in [-0.2, -0.15) is 0 Å². The molecule has 0 aliphatic carbocycles. The van der Waals surface area contributed by atoms with Gasteiger partial charge in [-0.1, -0.05) is 17.7 Å². The van der Waals surface area contributed by atoms with Gasteiger partial charge in [0.15, 0.2) is 0 Å². The number of aryl methyl sites for hydroxylation is 2. The van der Waals surface area contributed by atoms with E-state index in [0.717, 1.165) is 22.3 Å². The third-order valence-electron chi connectivity index (χ3n) is 1.90.